The topological polar surface area (TPSA) is 40.5 Å². The molecule has 1 heterocycles. The van der Waals surface area contributed by atoms with E-state index in [1.54, 1.807) is 4.90 Å². The van der Waals surface area contributed by atoms with E-state index in [0.717, 1.165) is 36.4 Å². The van der Waals surface area contributed by atoms with Gasteiger partial charge in [0.2, 0.25) is 0 Å². The highest BCUT2D eigenvalue weighted by molar-refractivity contribution is 5.67. The number of carboxylic acid groups (broad SMARTS) is 1. The average Bonchev–Trinajstić information content (AvgIpc) is 2.81. The summed E-state index contributed by atoms with van der Waals surface area (Å²) in [6.07, 6.45) is -9.44. The Labute approximate surface area is 228 Å². The van der Waals surface area contributed by atoms with Crippen molar-refractivity contribution in [2.45, 2.75) is 83.2 Å². The van der Waals surface area contributed by atoms with Gasteiger partial charge in [-0.15, -0.1) is 0 Å². The molecule has 0 spiro atoms. The van der Waals surface area contributed by atoms with Gasteiger partial charge in [-0.25, -0.2) is 8.78 Å². The number of aliphatic carboxylic acids is 1. The molecule has 0 bridgehead atoms. The third-order valence-corrected chi connectivity index (χ3v) is 7.32. The van der Waals surface area contributed by atoms with Gasteiger partial charge in [0.25, 0.3) is 5.92 Å². The number of hydrogen-bond acceptors (Lipinski definition) is 2. The van der Waals surface area contributed by atoms with Crippen LogP contribution < -0.4 is 0 Å². The van der Waals surface area contributed by atoms with Crippen molar-refractivity contribution in [1.29, 1.82) is 0 Å². The Morgan fingerprint density at radius 3 is 1.88 bits per heavy atom. The molecule has 1 aliphatic rings. The molecule has 0 radical (unpaired) electrons. The highest BCUT2D eigenvalue weighted by Crippen LogP contribution is 2.49. The third kappa shape index (κ3) is 8.17. The van der Waals surface area contributed by atoms with Crippen molar-refractivity contribution in [3.05, 3.63) is 70.8 Å². The minimum absolute atomic E-state index is 0.122. The van der Waals surface area contributed by atoms with Crippen LogP contribution in [0.2, 0.25) is 0 Å². The molecule has 3 unspecified atom stereocenters. The predicted octanol–water partition coefficient (Wildman–Crippen LogP) is 8.63. The normalized spacial score (nSPS) is 21.3. The van der Waals surface area contributed by atoms with E-state index < -0.39 is 66.2 Å². The van der Waals surface area contributed by atoms with Crippen molar-refractivity contribution in [3.63, 3.8) is 0 Å². The smallest absolute Gasteiger partial charge is 0.416 e. The molecule has 0 saturated carbocycles. The van der Waals surface area contributed by atoms with Gasteiger partial charge < -0.3 is 5.11 Å². The lowest BCUT2D eigenvalue weighted by Crippen LogP contribution is -2.54. The van der Waals surface area contributed by atoms with Crippen LogP contribution in [-0.2, 0) is 23.6 Å². The molecule has 3 atom stereocenters. The molecular formula is C29H33F8NO2. The van der Waals surface area contributed by atoms with Gasteiger partial charge in [-0.05, 0) is 60.1 Å². The quantitative estimate of drug-likeness (QED) is 0.318. The molecule has 11 heteroatoms. The van der Waals surface area contributed by atoms with E-state index in [1.165, 1.54) is 12.1 Å². The average molecular weight is 580 g/mol. The summed E-state index contributed by atoms with van der Waals surface area (Å²) in [7, 11) is 0. The first-order chi connectivity index (χ1) is 18.3. The fourth-order valence-corrected chi connectivity index (χ4v) is 5.50. The SMILES string of the molecule is CC(C)(C)CC(CCc1ccc(C(F)(F)F)cc1)N1CCC(F)(F)C(CC(=O)O)C1c1ccc(C(F)(F)F)cc1. The van der Waals surface area contributed by atoms with Gasteiger partial charge in [0.15, 0.2) is 0 Å². The maximum Gasteiger partial charge on any atom is 0.416 e. The van der Waals surface area contributed by atoms with Crippen molar-refractivity contribution < 1.29 is 45.0 Å². The zero-order valence-corrected chi connectivity index (χ0v) is 22.4. The lowest BCUT2D eigenvalue weighted by molar-refractivity contribution is -0.163. The van der Waals surface area contributed by atoms with E-state index in [0.29, 0.717) is 24.8 Å². The molecule has 2 aromatic carbocycles. The van der Waals surface area contributed by atoms with Crippen LogP contribution in [0, 0.1) is 11.3 Å². The zero-order chi connectivity index (χ0) is 30.1. The number of likely N-dealkylation sites (tertiary alicyclic amines) is 1. The van der Waals surface area contributed by atoms with Crippen LogP contribution in [-0.4, -0.2) is 34.5 Å². The van der Waals surface area contributed by atoms with Crippen LogP contribution in [0.1, 0.15) is 74.8 Å². The van der Waals surface area contributed by atoms with E-state index in [9.17, 15) is 36.2 Å². The monoisotopic (exact) mass is 579 g/mol. The summed E-state index contributed by atoms with van der Waals surface area (Å²) in [6, 6.07) is 6.96. The lowest BCUT2D eigenvalue weighted by Gasteiger charge is -2.49. The molecule has 0 amide bonds. The Kier molecular flexibility index (Phi) is 9.28. The molecule has 40 heavy (non-hydrogen) atoms. The van der Waals surface area contributed by atoms with Crippen molar-refractivity contribution in [2.75, 3.05) is 6.54 Å². The van der Waals surface area contributed by atoms with Gasteiger partial charge in [-0.2, -0.15) is 26.3 Å². The second-order valence-electron chi connectivity index (χ2n) is 11.7. The Bertz CT molecular complexity index is 1140. The van der Waals surface area contributed by atoms with Crippen LogP contribution in [0.25, 0.3) is 0 Å². The highest BCUT2D eigenvalue weighted by Gasteiger charge is 2.52. The molecule has 0 aromatic heterocycles. The standard InChI is InChI=1S/C29H33F8NO2/c1-26(2,3)17-22(13-6-18-4-9-20(10-5-18)28(32,33)34)38-15-14-27(30,31)23(16-24(39)40)25(38)19-7-11-21(12-8-19)29(35,36)37/h4-5,7-12,22-23,25H,6,13-17H2,1-3H3,(H,39,40). The van der Waals surface area contributed by atoms with Crippen LogP contribution in [0.5, 0.6) is 0 Å². The molecule has 222 valence electrons. The van der Waals surface area contributed by atoms with E-state index in [4.69, 9.17) is 0 Å². The van der Waals surface area contributed by atoms with E-state index in [-0.39, 0.29) is 17.5 Å². The summed E-state index contributed by atoms with van der Waals surface area (Å²) in [6.45, 7) is 5.71. The molecule has 1 N–H and O–H groups in total. The van der Waals surface area contributed by atoms with Crippen molar-refractivity contribution in [3.8, 4) is 0 Å². The molecule has 3 nitrogen and oxygen atoms in total. The molecule has 0 aliphatic carbocycles. The van der Waals surface area contributed by atoms with Gasteiger partial charge in [-0.3, -0.25) is 9.69 Å². The first-order valence-electron chi connectivity index (χ1n) is 13.0. The Balaban J connectivity index is 2.01. The lowest BCUT2D eigenvalue weighted by atomic mass is 9.76. The van der Waals surface area contributed by atoms with Crippen LogP contribution >= 0.6 is 0 Å². The summed E-state index contributed by atoms with van der Waals surface area (Å²) in [4.78, 5) is 13.4. The minimum atomic E-state index is -4.63. The number of rotatable bonds is 8. The molecule has 1 fully saturated rings. The summed E-state index contributed by atoms with van der Waals surface area (Å²) in [5.74, 6) is -6.51. The van der Waals surface area contributed by atoms with Gasteiger partial charge in [0, 0.05) is 25.0 Å². The Morgan fingerprint density at radius 2 is 1.43 bits per heavy atom. The van der Waals surface area contributed by atoms with Gasteiger partial charge in [-0.1, -0.05) is 45.0 Å². The van der Waals surface area contributed by atoms with Crippen molar-refractivity contribution >= 4 is 5.97 Å². The zero-order valence-electron chi connectivity index (χ0n) is 22.4. The molecule has 1 saturated heterocycles. The van der Waals surface area contributed by atoms with Crippen molar-refractivity contribution in [1.82, 2.24) is 4.90 Å². The fourth-order valence-electron chi connectivity index (χ4n) is 5.50. The van der Waals surface area contributed by atoms with E-state index >= 15 is 8.78 Å². The summed E-state index contributed by atoms with van der Waals surface area (Å²) < 4.78 is 109. The number of nitrogens with zero attached hydrogens (tertiary/aromatic N) is 1. The fraction of sp³-hybridized carbons (Fsp3) is 0.552. The Morgan fingerprint density at radius 1 is 0.925 bits per heavy atom. The maximum atomic E-state index is 15.2. The van der Waals surface area contributed by atoms with Gasteiger partial charge in [0.05, 0.1) is 23.5 Å². The number of hydrogen-bond donors (Lipinski definition) is 1. The second-order valence-corrected chi connectivity index (χ2v) is 11.7. The van der Waals surface area contributed by atoms with Crippen LogP contribution in [0.4, 0.5) is 35.1 Å². The largest absolute Gasteiger partial charge is 0.481 e. The maximum absolute atomic E-state index is 15.2. The number of halogens is 8. The molecule has 3 rings (SSSR count). The second kappa shape index (κ2) is 11.7. The predicted molar refractivity (Wildman–Crippen MR) is 134 cm³/mol. The molecular weight excluding hydrogens is 546 g/mol. The first kappa shape index (κ1) is 31.8. The first-order valence-corrected chi connectivity index (χ1v) is 13.0. The number of carbonyl (C=O) groups is 1. The van der Waals surface area contributed by atoms with Gasteiger partial charge in [0.1, 0.15) is 0 Å². The number of carboxylic acids is 1. The highest BCUT2D eigenvalue weighted by atomic mass is 19.4. The summed E-state index contributed by atoms with van der Waals surface area (Å²) in [5.41, 5.74) is -1.28. The number of piperidine rings is 1. The van der Waals surface area contributed by atoms with Crippen LogP contribution in [0.3, 0.4) is 0 Å². The summed E-state index contributed by atoms with van der Waals surface area (Å²) in [5, 5.41) is 9.48. The molecule has 2 aromatic rings. The summed E-state index contributed by atoms with van der Waals surface area (Å²) >= 11 is 0. The third-order valence-electron chi connectivity index (χ3n) is 7.32. The van der Waals surface area contributed by atoms with Gasteiger partial charge >= 0.3 is 18.3 Å². The van der Waals surface area contributed by atoms with E-state index in [1.807, 2.05) is 20.8 Å². The van der Waals surface area contributed by atoms with E-state index in [2.05, 4.69) is 0 Å². The minimum Gasteiger partial charge on any atom is -0.481 e. The van der Waals surface area contributed by atoms with Crippen molar-refractivity contribution in [2.24, 2.45) is 11.3 Å². The number of alkyl halides is 8. The number of aryl methyl sites for hydroxylation is 1. The number of benzene rings is 2. The molecule has 1 aliphatic heterocycles. The Hall–Kier alpha value is -2.69. The van der Waals surface area contributed by atoms with Crippen LogP contribution in [0.15, 0.2) is 48.5 Å².